The summed E-state index contributed by atoms with van der Waals surface area (Å²) >= 11 is 0. The zero-order chi connectivity index (χ0) is 17.0. The van der Waals surface area contributed by atoms with E-state index in [0.717, 1.165) is 19.3 Å². The second-order valence-electron chi connectivity index (χ2n) is 7.60. The summed E-state index contributed by atoms with van der Waals surface area (Å²) in [5, 5.41) is 9.56. The van der Waals surface area contributed by atoms with Crippen molar-refractivity contribution < 1.29 is 14.6 Å². The molecule has 1 saturated carbocycles. The smallest absolute Gasteiger partial charge is 0.407 e. The molecule has 0 bridgehead atoms. The van der Waals surface area contributed by atoms with Crippen molar-refractivity contribution >= 4 is 6.09 Å². The summed E-state index contributed by atoms with van der Waals surface area (Å²) in [7, 11) is 0. The molecule has 1 aliphatic rings. The molecule has 0 spiro atoms. The Labute approximate surface area is 139 Å². The van der Waals surface area contributed by atoms with Crippen LogP contribution in [0.5, 0.6) is 0 Å². The van der Waals surface area contributed by atoms with E-state index < -0.39 is 6.09 Å². The van der Waals surface area contributed by atoms with E-state index in [9.17, 15) is 9.90 Å². The van der Waals surface area contributed by atoms with E-state index in [4.69, 9.17) is 4.74 Å². The van der Waals surface area contributed by atoms with E-state index in [2.05, 4.69) is 19.1 Å². The van der Waals surface area contributed by atoms with Crippen molar-refractivity contribution in [3.8, 4) is 0 Å². The van der Waals surface area contributed by atoms with Crippen molar-refractivity contribution in [3.05, 3.63) is 35.9 Å². The van der Waals surface area contributed by atoms with Gasteiger partial charge in [0.15, 0.2) is 0 Å². The topological polar surface area (TPSA) is 49.8 Å². The predicted molar refractivity (Wildman–Crippen MR) is 91.4 cm³/mol. The molecule has 23 heavy (non-hydrogen) atoms. The van der Waals surface area contributed by atoms with E-state index in [1.807, 2.05) is 39.0 Å². The number of amides is 1. The maximum atomic E-state index is 11.6. The molecule has 128 valence electrons. The van der Waals surface area contributed by atoms with E-state index in [1.165, 1.54) is 5.56 Å². The monoisotopic (exact) mass is 319 g/mol. The van der Waals surface area contributed by atoms with Gasteiger partial charge >= 0.3 is 6.09 Å². The second-order valence-corrected chi connectivity index (χ2v) is 7.60. The average molecular weight is 319 g/mol. The van der Waals surface area contributed by atoms with Crippen molar-refractivity contribution in [1.82, 2.24) is 4.90 Å². The highest BCUT2D eigenvalue weighted by Crippen LogP contribution is 2.33. The predicted octanol–water partition coefficient (Wildman–Crippen LogP) is 4.54. The zero-order valence-corrected chi connectivity index (χ0v) is 14.7. The minimum Gasteiger partial charge on any atom is -0.465 e. The minimum absolute atomic E-state index is 0.0825. The molecule has 4 nitrogen and oxygen atoms in total. The number of hydrogen-bond donors (Lipinski definition) is 1. The number of benzene rings is 1. The van der Waals surface area contributed by atoms with Crippen molar-refractivity contribution in [2.75, 3.05) is 0 Å². The lowest BCUT2D eigenvalue weighted by Crippen LogP contribution is -2.53. The summed E-state index contributed by atoms with van der Waals surface area (Å²) in [6.07, 6.45) is 2.04. The molecule has 1 fully saturated rings. The molecule has 4 heteroatoms. The van der Waals surface area contributed by atoms with Crippen LogP contribution in [-0.4, -0.2) is 33.8 Å². The molecule has 0 heterocycles. The van der Waals surface area contributed by atoms with Crippen LogP contribution in [0.3, 0.4) is 0 Å². The first-order valence-corrected chi connectivity index (χ1v) is 8.47. The van der Waals surface area contributed by atoms with Gasteiger partial charge in [-0.3, -0.25) is 0 Å². The van der Waals surface area contributed by atoms with Gasteiger partial charge in [0.05, 0.1) is 12.7 Å². The maximum Gasteiger partial charge on any atom is 0.407 e. The lowest BCUT2D eigenvalue weighted by atomic mass is 9.82. The molecular weight excluding hydrogens is 290 g/mol. The summed E-state index contributed by atoms with van der Waals surface area (Å²) in [5.41, 5.74) is 0.817. The Morgan fingerprint density at radius 1 is 1.26 bits per heavy atom. The minimum atomic E-state index is -0.821. The van der Waals surface area contributed by atoms with Crippen LogP contribution in [0.4, 0.5) is 4.79 Å². The number of hydrogen-bond acceptors (Lipinski definition) is 2. The molecule has 1 aliphatic carbocycles. The molecule has 0 saturated heterocycles. The van der Waals surface area contributed by atoms with Gasteiger partial charge in [-0.2, -0.15) is 0 Å². The molecule has 3 atom stereocenters. The molecule has 0 aromatic heterocycles. The fraction of sp³-hybridized carbons (Fsp3) is 0.632. The zero-order valence-electron chi connectivity index (χ0n) is 14.7. The summed E-state index contributed by atoms with van der Waals surface area (Å²) in [6.45, 7) is 8.68. The van der Waals surface area contributed by atoms with Gasteiger partial charge in [-0.25, -0.2) is 4.79 Å². The van der Waals surface area contributed by atoms with E-state index in [0.29, 0.717) is 12.5 Å². The van der Waals surface area contributed by atoms with Crippen molar-refractivity contribution in [2.24, 2.45) is 5.92 Å². The Kier molecular flexibility index (Phi) is 5.69. The summed E-state index contributed by atoms with van der Waals surface area (Å²) in [4.78, 5) is 13.3. The van der Waals surface area contributed by atoms with Gasteiger partial charge in [-0.05, 0) is 51.5 Å². The largest absolute Gasteiger partial charge is 0.465 e. The lowest BCUT2D eigenvalue weighted by Gasteiger charge is -2.44. The van der Waals surface area contributed by atoms with Gasteiger partial charge in [0, 0.05) is 11.6 Å². The molecule has 0 aliphatic heterocycles. The fourth-order valence-corrected chi connectivity index (χ4v) is 3.59. The van der Waals surface area contributed by atoms with Crippen LogP contribution in [-0.2, 0) is 11.3 Å². The van der Waals surface area contributed by atoms with Crippen molar-refractivity contribution in [2.45, 2.75) is 71.2 Å². The van der Waals surface area contributed by atoms with Gasteiger partial charge in [0.2, 0.25) is 0 Å². The Bertz CT molecular complexity index is 509. The first-order chi connectivity index (χ1) is 10.8. The van der Waals surface area contributed by atoms with Gasteiger partial charge in [0.25, 0.3) is 0 Å². The number of carboxylic acid groups (broad SMARTS) is 1. The Morgan fingerprint density at radius 2 is 1.91 bits per heavy atom. The molecular formula is C19H29NO3. The third-order valence-electron chi connectivity index (χ3n) is 4.66. The molecule has 1 aromatic rings. The van der Waals surface area contributed by atoms with E-state index in [1.54, 1.807) is 4.90 Å². The second kappa shape index (κ2) is 7.35. The summed E-state index contributed by atoms with van der Waals surface area (Å²) < 4.78 is 6.09. The third-order valence-corrected chi connectivity index (χ3v) is 4.66. The third kappa shape index (κ3) is 4.71. The molecule has 0 unspecified atom stereocenters. The number of carbonyl (C=O) groups is 1. The van der Waals surface area contributed by atoms with Crippen LogP contribution >= 0.6 is 0 Å². The van der Waals surface area contributed by atoms with Gasteiger partial charge in [-0.1, -0.05) is 37.3 Å². The molecule has 1 amide bonds. The highest BCUT2D eigenvalue weighted by Gasteiger charge is 2.38. The fourth-order valence-electron chi connectivity index (χ4n) is 3.59. The highest BCUT2D eigenvalue weighted by atomic mass is 16.5. The maximum absolute atomic E-state index is 11.6. The first-order valence-electron chi connectivity index (χ1n) is 8.47. The Hall–Kier alpha value is -1.55. The van der Waals surface area contributed by atoms with Crippen molar-refractivity contribution in [3.63, 3.8) is 0 Å². The van der Waals surface area contributed by atoms with Crippen molar-refractivity contribution in [1.29, 1.82) is 0 Å². The van der Waals surface area contributed by atoms with E-state index >= 15 is 0 Å². The summed E-state index contributed by atoms with van der Waals surface area (Å²) in [5.74, 6) is 0.363. The van der Waals surface area contributed by atoms with Crippen LogP contribution in [0.25, 0.3) is 0 Å². The Morgan fingerprint density at radius 3 is 2.43 bits per heavy atom. The molecule has 1 N–H and O–H groups in total. The average Bonchev–Trinajstić information content (AvgIpc) is 2.45. The lowest BCUT2D eigenvalue weighted by molar-refractivity contribution is -0.0429. The van der Waals surface area contributed by atoms with E-state index in [-0.39, 0.29) is 17.7 Å². The van der Waals surface area contributed by atoms with Gasteiger partial charge < -0.3 is 14.7 Å². The molecule has 1 aromatic carbocycles. The van der Waals surface area contributed by atoms with Crippen LogP contribution < -0.4 is 0 Å². The Balaban J connectivity index is 1.92. The quantitative estimate of drug-likeness (QED) is 0.886. The van der Waals surface area contributed by atoms with Gasteiger partial charge in [0.1, 0.15) is 0 Å². The standard InChI is InChI=1S/C19H29NO3/c1-14-12-16(20(18(21)22)19(2,3)4)10-11-17(14)23-13-15-8-6-5-7-9-15/h5-9,14,16-17H,10-13H2,1-4H3,(H,21,22)/t14-,16+,17+/m0/s1. The van der Waals surface area contributed by atoms with Gasteiger partial charge in [-0.15, -0.1) is 0 Å². The molecule has 2 rings (SSSR count). The molecule has 0 radical (unpaired) electrons. The number of nitrogens with zero attached hydrogens (tertiary/aromatic N) is 1. The first kappa shape index (κ1) is 17.8. The normalized spacial score (nSPS) is 25.1. The van der Waals surface area contributed by atoms with Crippen LogP contribution in [0, 0.1) is 5.92 Å². The number of rotatable bonds is 4. The summed E-state index contributed by atoms with van der Waals surface area (Å²) in [6, 6.07) is 10.3. The van der Waals surface area contributed by atoms with Crippen LogP contribution in [0.15, 0.2) is 30.3 Å². The number of ether oxygens (including phenoxy) is 1. The van der Waals surface area contributed by atoms with Crippen LogP contribution in [0.2, 0.25) is 0 Å². The van der Waals surface area contributed by atoms with Crippen LogP contribution in [0.1, 0.15) is 52.5 Å². The SMILES string of the molecule is C[C@H]1C[C@H](N(C(=O)O)C(C)(C)C)CC[C@H]1OCc1ccccc1. The highest BCUT2D eigenvalue weighted by molar-refractivity contribution is 5.66.